The summed E-state index contributed by atoms with van der Waals surface area (Å²) in [4.78, 5) is 52.1. The second-order valence-electron chi connectivity index (χ2n) is 14.8. The second-order valence-corrected chi connectivity index (χ2v) is 14.8. The Morgan fingerprint density at radius 1 is 1.05 bits per heavy atom. The number of esters is 1. The van der Waals surface area contributed by atoms with Crippen molar-refractivity contribution >= 4 is 23.3 Å². The monoisotopic (exact) mass is 558 g/mol. The lowest BCUT2D eigenvalue weighted by molar-refractivity contribution is -0.183. The Labute approximate surface area is 237 Å². The summed E-state index contributed by atoms with van der Waals surface area (Å²) >= 11 is 0. The molecule has 0 unspecified atom stereocenters. The molecule has 4 aliphatic rings. The van der Waals surface area contributed by atoms with Crippen molar-refractivity contribution in [1.82, 2.24) is 0 Å². The summed E-state index contributed by atoms with van der Waals surface area (Å²) in [6.07, 6.45) is 3.50. The molecule has 0 radical (unpaired) electrons. The molecule has 0 bridgehead atoms. The number of ether oxygens (including phenoxy) is 1. The molecule has 0 spiro atoms. The summed E-state index contributed by atoms with van der Waals surface area (Å²) in [6, 6.07) is 0. The smallest absolute Gasteiger partial charge is 0.303 e. The SMILES string of the molecule is CC(=O)OC(C)(C)/C=C/C(=O)[C@](C)(O)[C@@H]1[C@H](O)C[C@@]2(C)[C@@H]3CC=C4[C@@H](CC(=O)[C@@H](O)C4(C)C)[C@]3(C)C(=O)C[C@]12C. The Kier molecular flexibility index (Phi) is 7.06. The molecular formula is C32H46O8. The highest BCUT2D eigenvalue weighted by molar-refractivity contribution is 5.97. The van der Waals surface area contributed by atoms with Gasteiger partial charge in [-0.15, -0.1) is 0 Å². The minimum Gasteiger partial charge on any atom is -0.456 e. The van der Waals surface area contributed by atoms with Crippen molar-refractivity contribution in [2.24, 2.45) is 39.4 Å². The van der Waals surface area contributed by atoms with Crippen LogP contribution in [0.5, 0.6) is 0 Å². The third kappa shape index (κ3) is 4.11. The molecule has 9 atom stereocenters. The van der Waals surface area contributed by atoms with E-state index in [2.05, 4.69) is 13.0 Å². The van der Waals surface area contributed by atoms with Crippen molar-refractivity contribution < 1.29 is 39.2 Å². The van der Waals surface area contributed by atoms with Crippen molar-refractivity contribution in [2.45, 2.75) is 111 Å². The van der Waals surface area contributed by atoms with Crippen LogP contribution in [-0.2, 0) is 23.9 Å². The number of ketones is 3. The Balaban J connectivity index is 1.75. The maximum atomic E-state index is 14.3. The van der Waals surface area contributed by atoms with Crippen LogP contribution < -0.4 is 0 Å². The van der Waals surface area contributed by atoms with E-state index in [1.807, 2.05) is 27.7 Å². The van der Waals surface area contributed by atoms with Crippen LogP contribution in [0.3, 0.4) is 0 Å². The average Bonchev–Trinajstić information content (AvgIpc) is 3.01. The lowest BCUT2D eigenvalue weighted by atomic mass is 9.38. The molecule has 4 rings (SSSR count). The zero-order valence-electron chi connectivity index (χ0n) is 25.3. The first-order valence-corrected chi connectivity index (χ1v) is 14.4. The summed E-state index contributed by atoms with van der Waals surface area (Å²) in [7, 11) is 0. The van der Waals surface area contributed by atoms with Crippen LogP contribution in [0.25, 0.3) is 0 Å². The van der Waals surface area contributed by atoms with Gasteiger partial charge >= 0.3 is 5.97 Å². The molecule has 0 amide bonds. The van der Waals surface area contributed by atoms with Gasteiger partial charge in [-0.1, -0.05) is 46.3 Å². The number of hydrogen-bond acceptors (Lipinski definition) is 8. The van der Waals surface area contributed by atoms with E-state index < -0.39 is 62.7 Å². The standard InChI is InChI=1S/C32H46O8/c1-17(33)40-27(2,3)13-12-23(36)32(9,39)25-21(35)15-29(6)22-11-10-18-19(14-20(34)26(38)28(18,4)5)31(22,8)24(37)16-30(25,29)7/h10,12-13,19,21-22,25-26,35,38-39H,11,14-16H2,1-9H3/b13-12+/t19-,21-,22+,25-,26-,29+,30-,31+,32+/m1/s1. The van der Waals surface area contributed by atoms with Crippen LogP contribution in [0.2, 0.25) is 0 Å². The predicted octanol–water partition coefficient (Wildman–Crippen LogP) is 3.50. The number of aliphatic hydroxyl groups excluding tert-OH is 2. The molecule has 0 aliphatic heterocycles. The number of allylic oxidation sites excluding steroid dienone is 1. The van der Waals surface area contributed by atoms with Gasteiger partial charge in [0.15, 0.2) is 11.6 Å². The van der Waals surface area contributed by atoms with Crippen LogP contribution in [0, 0.1) is 39.4 Å². The average molecular weight is 559 g/mol. The van der Waals surface area contributed by atoms with Gasteiger partial charge in [0.25, 0.3) is 0 Å². The summed E-state index contributed by atoms with van der Waals surface area (Å²) in [5, 5.41) is 33.9. The van der Waals surface area contributed by atoms with Crippen molar-refractivity contribution in [2.75, 3.05) is 0 Å². The van der Waals surface area contributed by atoms with E-state index in [1.165, 1.54) is 26.0 Å². The van der Waals surface area contributed by atoms with Crippen molar-refractivity contribution in [1.29, 1.82) is 0 Å². The van der Waals surface area contributed by atoms with Crippen LogP contribution in [0.4, 0.5) is 0 Å². The number of fused-ring (bicyclic) bond motifs is 5. The van der Waals surface area contributed by atoms with Crippen LogP contribution >= 0.6 is 0 Å². The molecule has 0 saturated heterocycles. The molecule has 222 valence electrons. The molecule has 8 heteroatoms. The zero-order chi connectivity index (χ0) is 30.4. The molecule has 4 aliphatic carbocycles. The van der Waals surface area contributed by atoms with E-state index in [0.717, 1.165) is 5.57 Å². The van der Waals surface area contributed by atoms with Gasteiger partial charge < -0.3 is 20.1 Å². The largest absolute Gasteiger partial charge is 0.456 e. The van der Waals surface area contributed by atoms with Gasteiger partial charge in [0.2, 0.25) is 0 Å². The number of carbonyl (C=O) groups is 4. The Bertz CT molecular complexity index is 1210. The van der Waals surface area contributed by atoms with E-state index >= 15 is 0 Å². The molecule has 3 fully saturated rings. The fourth-order valence-electron chi connectivity index (χ4n) is 9.35. The van der Waals surface area contributed by atoms with Crippen LogP contribution in [0.1, 0.15) is 88.0 Å². The number of carbonyl (C=O) groups excluding carboxylic acids is 4. The van der Waals surface area contributed by atoms with Gasteiger partial charge in [-0.05, 0) is 68.4 Å². The van der Waals surface area contributed by atoms with Gasteiger partial charge in [-0.25, -0.2) is 0 Å². The molecule has 0 aromatic rings. The Hall–Kier alpha value is -2.16. The van der Waals surface area contributed by atoms with Crippen molar-refractivity contribution in [3.63, 3.8) is 0 Å². The van der Waals surface area contributed by atoms with Gasteiger partial charge in [-0.2, -0.15) is 0 Å². The minimum atomic E-state index is -1.99. The zero-order valence-corrected chi connectivity index (χ0v) is 25.3. The molecule has 40 heavy (non-hydrogen) atoms. The normalized spacial score (nSPS) is 42.4. The number of rotatable bonds is 5. The van der Waals surface area contributed by atoms with Gasteiger partial charge in [-0.3, -0.25) is 19.2 Å². The van der Waals surface area contributed by atoms with Crippen molar-refractivity contribution in [3.05, 3.63) is 23.8 Å². The van der Waals surface area contributed by atoms with E-state index in [1.54, 1.807) is 13.8 Å². The van der Waals surface area contributed by atoms with Gasteiger partial charge in [0.1, 0.15) is 23.1 Å². The third-order valence-electron chi connectivity index (χ3n) is 11.6. The Morgan fingerprint density at radius 3 is 2.23 bits per heavy atom. The number of aliphatic hydroxyl groups is 3. The first-order valence-electron chi connectivity index (χ1n) is 14.4. The lowest BCUT2D eigenvalue weighted by Gasteiger charge is -2.64. The molecule has 3 saturated carbocycles. The maximum absolute atomic E-state index is 14.3. The van der Waals surface area contributed by atoms with Crippen LogP contribution in [0.15, 0.2) is 23.8 Å². The topological polar surface area (TPSA) is 138 Å². The summed E-state index contributed by atoms with van der Waals surface area (Å²) in [6.45, 7) is 15.5. The molecule has 0 aromatic heterocycles. The van der Waals surface area contributed by atoms with E-state index in [0.29, 0.717) is 12.8 Å². The molecule has 8 nitrogen and oxygen atoms in total. The molecule has 0 heterocycles. The summed E-state index contributed by atoms with van der Waals surface area (Å²) in [5.74, 6) is -2.96. The summed E-state index contributed by atoms with van der Waals surface area (Å²) in [5.41, 5.74) is -5.33. The van der Waals surface area contributed by atoms with E-state index in [-0.39, 0.29) is 36.2 Å². The van der Waals surface area contributed by atoms with Crippen LogP contribution in [-0.4, -0.2) is 62.0 Å². The predicted molar refractivity (Wildman–Crippen MR) is 148 cm³/mol. The number of hydrogen-bond donors (Lipinski definition) is 3. The molecule has 0 aromatic carbocycles. The fraction of sp³-hybridized carbons (Fsp3) is 0.750. The van der Waals surface area contributed by atoms with Crippen molar-refractivity contribution in [3.8, 4) is 0 Å². The highest BCUT2D eigenvalue weighted by atomic mass is 16.6. The van der Waals surface area contributed by atoms with Gasteiger partial charge in [0.05, 0.1) is 6.10 Å². The highest BCUT2D eigenvalue weighted by Crippen LogP contribution is 2.74. The molecular weight excluding hydrogens is 512 g/mol. The minimum absolute atomic E-state index is 0.0399. The molecule has 3 N–H and O–H groups in total. The first kappa shape index (κ1) is 30.8. The van der Waals surface area contributed by atoms with Gasteiger partial charge in [0, 0.05) is 36.5 Å². The number of Topliss-reactive ketones (excluding diaryl/α,β-unsaturated/α-hetero) is 2. The lowest BCUT2D eigenvalue weighted by Crippen LogP contribution is -2.65. The second kappa shape index (κ2) is 9.17. The van der Waals surface area contributed by atoms with E-state index in [9.17, 15) is 34.5 Å². The highest BCUT2D eigenvalue weighted by Gasteiger charge is 2.74. The quantitative estimate of drug-likeness (QED) is 0.265. The Morgan fingerprint density at radius 2 is 1.65 bits per heavy atom. The van der Waals surface area contributed by atoms with E-state index in [4.69, 9.17) is 4.74 Å². The fourth-order valence-corrected chi connectivity index (χ4v) is 9.35. The first-order chi connectivity index (χ1) is 18.1. The third-order valence-corrected chi connectivity index (χ3v) is 11.6. The maximum Gasteiger partial charge on any atom is 0.303 e. The summed E-state index contributed by atoms with van der Waals surface area (Å²) < 4.78 is 5.23.